The lowest BCUT2D eigenvalue weighted by molar-refractivity contribution is 0.0912. The molecule has 3 aromatic rings. The molecule has 31 heavy (non-hydrogen) atoms. The summed E-state index contributed by atoms with van der Waals surface area (Å²) in [6.45, 7) is 5.57. The van der Waals surface area contributed by atoms with Crippen molar-refractivity contribution in [2.45, 2.75) is 44.5 Å². The number of carbonyl (C=O) groups excluding carboxylic acids is 1. The van der Waals surface area contributed by atoms with Crippen LogP contribution in [0.15, 0.2) is 29.4 Å². The van der Waals surface area contributed by atoms with Crippen molar-refractivity contribution in [1.29, 1.82) is 0 Å². The normalized spacial score (nSPS) is 17.4. The van der Waals surface area contributed by atoms with Crippen molar-refractivity contribution < 1.29 is 19.0 Å². The largest absolute Gasteiger partial charge is 0.454 e. The van der Waals surface area contributed by atoms with Crippen LogP contribution in [-0.4, -0.2) is 55.8 Å². The smallest absolute Gasteiger partial charge is 0.231 e. The molecule has 0 aliphatic carbocycles. The molecule has 2 aliphatic heterocycles. The summed E-state index contributed by atoms with van der Waals surface area (Å²) >= 11 is 1.35. The van der Waals surface area contributed by atoms with E-state index < -0.39 is 0 Å². The van der Waals surface area contributed by atoms with Gasteiger partial charge in [-0.3, -0.25) is 4.79 Å². The van der Waals surface area contributed by atoms with Gasteiger partial charge in [-0.15, -0.1) is 5.10 Å². The van der Waals surface area contributed by atoms with Gasteiger partial charge in [0, 0.05) is 35.3 Å². The number of aryl methyl sites for hydroxylation is 1. The Hall–Kier alpha value is -2.85. The second-order valence-corrected chi connectivity index (χ2v) is 8.59. The predicted molar refractivity (Wildman–Crippen MR) is 113 cm³/mol. The Morgan fingerprint density at radius 3 is 2.94 bits per heavy atom. The Morgan fingerprint density at radius 2 is 2.10 bits per heavy atom. The first kappa shape index (κ1) is 20.1. The number of rotatable bonds is 7. The van der Waals surface area contributed by atoms with E-state index in [4.69, 9.17) is 14.2 Å². The molecule has 1 saturated heterocycles. The van der Waals surface area contributed by atoms with Crippen molar-refractivity contribution in [1.82, 2.24) is 24.8 Å². The second-order valence-electron chi connectivity index (χ2n) is 7.65. The average Bonchev–Trinajstić information content (AvgIpc) is 3.54. The third kappa shape index (κ3) is 3.92. The SMILES string of the molecule is Cc1cc(C(=O)CSc2nnnn2C[C@@H]2CCCO2)c(C)n1-c1ccc2c(c1)OCO2. The molecule has 0 unspecified atom stereocenters. The summed E-state index contributed by atoms with van der Waals surface area (Å²) in [6, 6.07) is 7.72. The van der Waals surface area contributed by atoms with Gasteiger partial charge in [0.2, 0.25) is 11.9 Å². The molecule has 1 atom stereocenters. The molecule has 0 N–H and O–H groups in total. The zero-order valence-corrected chi connectivity index (χ0v) is 18.2. The fourth-order valence-electron chi connectivity index (χ4n) is 4.07. The molecule has 2 aliphatic rings. The van der Waals surface area contributed by atoms with Crippen molar-refractivity contribution in [3.05, 3.63) is 41.2 Å². The molecule has 0 bridgehead atoms. The van der Waals surface area contributed by atoms with Crippen molar-refractivity contribution in [2.24, 2.45) is 0 Å². The second kappa shape index (κ2) is 8.35. The predicted octanol–water partition coefficient (Wildman–Crippen LogP) is 2.96. The van der Waals surface area contributed by atoms with E-state index in [1.54, 1.807) is 4.68 Å². The highest BCUT2D eigenvalue weighted by atomic mass is 32.2. The van der Waals surface area contributed by atoms with E-state index in [9.17, 15) is 4.79 Å². The van der Waals surface area contributed by atoms with Gasteiger partial charge in [-0.2, -0.15) is 0 Å². The highest BCUT2D eigenvalue weighted by Crippen LogP contribution is 2.35. The summed E-state index contributed by atoms with van der Waals surface area (Å²) in [5.41, 5.74) is 3.50. The number of tetrazole rings is 1. The van der Waals surface area contributed by atoms with Crippen LogP contribution in [0.25, 0.3) is 5.69 Å². The van der Waals surface area contributed by atoms with Crippen LogP contribution >= 0.6 is 11.8 Å². The number of hydrogen-bond donors (Lipinski definition) is 0. The lowest BCUT2D eigenvalue weighted by Gasteiger charge is -2.11. The van der Waals surface area contributed by atoms with E-state index in [2.05, 4.69) is 20.1 Å². The molecule has 4 heterocycles. The quantitative estimate of drug-likeness (QED) is 0.408. The van der Waals surface area contributed by atoms with E-state index in [1.807, 2.05) is 38.1 Å². The van der Waals surface area contributed by atoms with Crippen LogP contribution in [0.3, 0.4) is 0 Å². The number of aromatic nitrogens is 5. The van der Waals surface area contributed by atoms with Gasteiger partial charge in [-0.1, -0.05) is 11.8 Å². The topological polar surface area (TPSA) is 93.3 Å². The summed E-state index contributed by atoms with van der Waals surface area (Å²) < 4.78 is 20.3. The third-order valence-corrected chi connectivity index (χ3v) is 6.53. The Bertz CT molecular complexity index is 1120. The first-order chi connectivity index (χ1) is 15.1. The summed E-state index contributed by atoms with van der Waals surface area (Å²) in [4.78, 5) is 13.0. The molecule has 5 rings (SSSR count). The maximum atomic E-state index is 13.0. The van der Waals surface area contributed by atoms with Crippen molar-refractivity contribution >= 4 is 17.5 Å². The standard InChI is InChI=1S/C21H23N5O4S/c1-13-8-17(14(2)26(13)15-5-6-19-20(9-15)30-12-29-19)18(27)11-31-21-22-23-24-25(21)10-16-4-3-7-28-16/h5-6,8-9,16H,3-4,7,10-12H2,1-2H3/t16-/m0/s1. The first-order valence-corrected chi connectivity index (χ1v) is 11.2. The zero-order chi connectivity index (χ0) is 21.4. The van der Waals surface area contributed by atoms with Crippen LogP contribution in [0.5, 0.6) is 11.5 Å². The summed E-state index contributed by atoms with van der Waals surface area (Å²) in [6.07, 6.45) is 2.21. The molecule has 2 aromatic heterocycles. The van der Waals surface area contributed by atoms with Crippen molar-refractivity contribution in [3.63, 3.8) is 0 Å². The number of thioether (sulfide) groups is 1. The van der Waals surface area contributed by atoms with Gasteiger partial charge in [0.15, 0.2) is 17.3 Å². The molecule has 162 valence electrons. The Balaban J connectivity index is 1.31. The molecule has 1 fully saturated rings. The molecule has 0 spiro atoms. The van der Waals surface area contributed by atoms with Crippen LogP contribution in [0.4, 0.5) is 0 Å². The van der Waals surface area contributed by atoms with Crippen LogP contribution < -0.4 is 9.47 Å². The fraction of sp³-hybridized carbons (Fsp3) is 0.429. The first-order valence-electron chi connectivity index (χ1n) is 10.2. The van der Waals surface area contributed by atoms with Crippen LogP contribution in [0.2, 0.25) is 0 Å². The molecule has 0 amide bonds. The summed E-state index contributed by atoms with van der Waals surface area (Å²) in [5.74, 6) is 1.75. The Labute approximate surface area is 183 Å². The van der Waals surface area contributed by atoms with Gasteiger partial charge in [-0.25, -0.2) is 4.68 Å². The number of Topliss-reactive ketones (excluding diaryl/α,β-unsaturated/α-hetero) is 1. The molecule has 1 aromatic carbocycles. The minimum absolute atomic E-state index is 0.0387. The van der Waals surface area contributed by atoms with Crippen LogP contribution in [0.1, 0.15) is 34.6 Å². The van der Waals surface area contributed by atoms with Gasteiger partial charge in [-0.05, 0) is 55.3 Å². The minimum atomic E-state index is 0.0387. The molecule has 9 nitrogen and oxygen atoms in total. The van der Waals surface area contributed by atoms with E-state index in [-0.39, 0.29) is 24.4 Å². The van der Waals surface area contributed by atoms with Crippen molar-refractivity contribution in [2.75, 3.05) is 19.2 Å². The number of nitrogens with zero attached hydrogens (tertiary/aromatic N) is 5. The number of hydrogen-bond acceptors (Lipinski definition) is 8. The molecular weight excluding hydrogens is 418 g/mol. The van der Waals surface area contributed by atoms with E-state index in [0.29, 0.717) is 23.0 Å². The van der Waals surface area contributed by atoms with Gasteiger partial charge in [0.05, 0.1) is 18.4 Å². The Kier molecular flexibility index (Phi) is 5.41. The highest BCUT2D eigenvalue weighted by molar-refractivity contribution is 7.99. The molecule has 0 radical (unpaired) electrons. The monoisotopic (exact) mass is 441 g/mol. The number of ether oxygens (including phenoxy) is 3. The minimum Gasteiger partial charge on any atom is -0.454 e. The van der Waals surface area contributed by atoms with Crippen molar-refractivity contribution in [3.8, 4) is 17.2 Å². The number of benzene rings is 1. The maximum Gasteiger partial charge on any atom is 0.231 e. The van der Waals surface area contributed by atoms with E-state index in [0.717, 1.165) is 42.3 Å². The number of ketones is 1. The van der Waals surface area contributed by atoms with Crippen LogP contribution in [-0.2, 0) is 11.3 Å². The van der Waals surface area contributed by atoms with E-state index in [1.165, 1.54) is 11.8 Å². The van der Waals surface area contributed by atoms with Gasteiger partial charge >= 0.3 is 0 Å². The number of fused-ring (bicyclic) bond motifs is 1. The van der Waals surface area contributed by atoms with Gasteiger partial charge < -0.3 is 18.8 Å². The van der Waals surface area contributed by atoms with E-state index >= 15 is 0 Å². The highest BCUT2D eigenvalue weighted by Gasteiger charge is 2.22. The zero-order valence-electron chi connectivity index (χ0n) is 17.4. The summed E-state index contributed by atoms with van der Waals surface area (Å²) in [5, 5.41) is 12.5. The lowest BCUT2D eigenvalue weighted by atomic mass is 10.2. The number of carbonyl (C=O) groups is 1. The molecule has 10 heteroatoms. The average molecular weight is 442 g/mol. The lowest BCUT2D eigenvalue weighted by Crippen LogP contribution is -2.17. The molecule has 0 saturated carbocycles. The summed E-state index contributed by atoms with van der Waals surface area (Å²) in [7, 11) is 0. The fourth-order valence-corrected chi connectivity index (χ4v) is 4.84. The van der Waals surface area contributed by atoms with Gasteiger partial charge in [0.1, 0.15) is 0 Å². The van der Waals surface area contributed by atoms with Gasteiger partial charge in [0.25, 0.3) is 0 Å². The molecular formula is C21H23N5O4S. The maximum absolute atomic E-state index is 13.0. The Morgan fingerprint density at radius 1 is 1.23 bits per heavy atom. The van der Waals surface area contributed by atoms with Crippen LogP contribution in [0, 0.1) is 13.8 Å². The third-order valence-electron chi connectivity index (χ3n) is 5.58.